The monoisotopic (exact) mass is 321 g/mol. The normalized spacial score (nSPS) is 21.2. The molecular weight excluding hydrogens is 309 g/mol. The third-order valence-corrected chi connectivity index (χ3v) is 3.87. The van der Waals surface area contributed by atoms with Crippen LogP contribution >= 0.6 is 15.9 Å². The van der Waals surface area contributed by atoms with E-state index in [-0.39, 0.29) is 18.0 Å². The molecule has 2 aromatic carbocycles. The van der Waals surface area contributed by atoms with Crippen molar-refractivity contribution in [1.82, 2.24) is 0 Å². The molecule has 0 amide bonds. The Hall–Kier alpha value is -1.55. The van der Waals surface area contributed by atoms with E-state index in [2.05, 4.69) is 28.2 Å². The van der Waals surface area contributed by atoms with Crippen LogP contribution in [-0.2, 0) is 0 Å². The van der Waals surface area contributed by atoms with Gasteiger partial charge in [0.2, 0.25) is 0 Å². The molecule has 98 valence electrons. The van der Waals surface area contributed by atoms with Gasteiger partial charge in [0.05, 0.1) is 16.2 Å². The van der Waals surface area contributed by atoms with Crippen molar-refractivity contribution in [3.8, 4) is 5.75 Å². The van der Waals surface area contributed by atoms with Crippen molar-refractivity contribution in [3.63, 3.8) is 0 Å². The minimum Gasteiger partial charge on any atom is -0.480 e. The van der Waals surface area contributed by atoms with Crippen molar-refractivity contribution < 1.29 is 9.13 Å². The van der Waals surface area contributed by atoms with Crippen molar-refractivity contribution in [2.45, 2.75) is 19.1 Å². The Morgan fingerprint density at radius 1 is 1.16 bits per heavy atom. The maximum absolute atomic E-state index is 13.0. The number of para-hydroxylation sites is 1. The van der Waals surface area contributed by atoms with Crippen LogP contribution in [0.25, 0.3) is 0 Å². The largest absolute Gasteiger partial charge is 0.480 e. The van der Waals surface area contributed by atoms with Crippen LogP contribution < -0.4 is 10.1 Å². The van der Waals surface area contributed by atoms with Crippen molar-refractivity contribution in [2.24, 2.45) is 0 Å². The number of rotatable bonds is 1. The number of halogens is 2. The van der Waals surface area contributed by atoms with Gasteiger partial charge in [0.25, 0.3) is 0 Å². The van der Waals surface area contributed by atoms with Crippen molar-refractivity contribution in [1.29, 1.82) is 0 Å². The lowest BCUT2D eigenvalue weighted by Gasteiger charge is -2.33. The van der Waals surface area contributed by atoms with E-state index in [1.54, 1.807) is 12.1 Å². The Labute approximate surface area is 119 Å². The van der Waals surface area contributed by atoms with E-state index in [1.807, 2.05) is 18.2 Å². The number of ether oxygens (including phenoxy) is 1. The van der Waals surface area contributed by atoms with Crippen molar-refractivity contribution in [3.05, 3.63) is 58.3 Å². The summed E-state index contributed by atoms with van der Waals surface area (Å²) in [5, 5.41) is 3.42. The smallest absolute Gasteiger partial charge is 0.157 e. The highest BCUT2D eigenvalue weighted by molar-refractivity contribution is 9.10. The van der Waals surface area contributed by atoms with E-state index < -0.39 is 0 Å². The summed E-state index contributed by atoms with van der Waals surface area (Å²) in [6.07, 6.45) is -0.133. The minimum atomic E-state index is -0.234. The molecular formula is C15H13BrFNO. The van der Waals surface area contributed by atoms with Crippen molar-refractivity contribution >= 4 is 21.6 Å². The average Bonchev–Trinajstić information content (AvgIpc) is 2.40. The summed E-state index contributed by atoms with van der Waals surface area (Å²) in [7, 11) is 0. The first-order valence-corrected chi connectivity index (χ1v) is 6.91. The molecule has 0 radical (unpaired) electrons. The van der Waals surface area contributed by atoms with Crippen LogP contribution in [0, 0.1) is 5.82 Å². The molecule has 1 N–H and O–H groups in total. The standard InChI is InChI=1S/C15H13BrFNO/c1-9-14(10-5-7-11(17)8-6-10)19-15-12(16)3-2-4-13(15)18-9/h2-9,14,18H,1H3. The number of hydrogen-bond donors (Lipinski definition) is 1. The molecule has 2 nitrogen and oxygen atoms in total. The number of anilines is 1. The van der Waals surface area contributed by atoms with Gasteiger partial charge in [0, 0.05) is 0 Å². The van der Waals surface area contributed by atoms with Gasteiger partial charge in [-0.15, -0.1) is 0 Å². The predicted molar refractivity (Wildman–Crippen MR) is 77.0 cm³/mol. The second-order valence-corrected chi connectivity index (χ2v) is 5.49. The van der Waals surface area contributed by atoms with Gasteiger partial charge in [-0.1, -0.05) is 18.2 Å². The SMILES string of the molecule is CC1Nc2cccc(Br)c2OC1c1ccc(F)cc1. The molecule has 0 aromatic heterocycles. The molecule has 2 aromatic rings. The fourth-order valence-corrected chi connectivity index (χ4v) is 2.76. The third-order valence-electron chi connectivity index (χ3n) is 3.25. The second-order valence-electron chi connectivity index (χ2n) is 4.64. The lowest BCUT2D eigenvalue weighted by molar-refractivity contribution is 0.176. The molecule has 1 aliphatic heterocycles. The van der Waals surface area contributed by atoms with E-state index in [1.165, 1.54) is 12.1 Å². The van der Waals surface area contributed by atoms with Gasteiger partial charge >= 0.3 is 0 Å². The van der Waals surface area contributed by atoms with Gasteiger partial charge in [-0.2, -0.15) is 0 Å². The summed E-state index contributed by atoms with van der Waals surface area (Å²) >= 11 is 3.49. The fraction of sp³-hybridized carbons (Fsp3) is 0.200. The van der Waals surface area contributed by atoms with Crippen LogP contribution in [0.2, 0.25) is 0 Å². The number of benzene rings is 2. The highest BCUT2D eigenvalue weighted by Crippen LogP contribution is 2.41. The second kappa shape index (κ2) is 4.85. The molecule has 0 fully saturated rings. The first kappa shape index (κ1) is 12.5. The third kappa shape index (κ3) is 2.32. The van der Waals surface area contributed by atoms with E-state index in [4.69, 9.17) is 4.74 Å². The molecule has 0 spiro atoms. The first-order chi connectivity index (χ1) is 9.15. The topological polar surface area (TPSA) is 21.3 Å². The lowest BCUT2D eigenvalue weighted by atomic mass is 10.0. The molecule has 2 unspecified atom stereocenters. The Balaban J connectivity index is 1.97. The summed E-state index contributed by atoms with van der Waals surface area (Å²) in [6, 6.07) is 12.5. The first-order valence-electron chi connectivity index (χ1n) is 6.12. The molecule has 2 atom stereocenters. The fourth-order valence-electron chi connectivity index (χ4n) is 2.30. The predicted octanol–water partition coefficient (Wildman–Crippen LogP) is 4.52. The summed E-state index contributed by atoms with van der Waals surface area (Å²) in [5.74, 6) is 0.566. The van der Waals surface area contributed by atoms with E-state index >= 15 is 0 Å². The quantitative estimate of drug-likeness (QED) is 0.833. The molecule has 0 saturated carbocycles. The summed E-state index contributed by atoms with van der Waals surface area (Å²) < 4.78 is 20.0. The highest BCUT2D eigenvalue weighted by atomic mass is 79.9. The van der Waals surface area contributed by atoms with Crippen LogP contribution in [0.15, 0.2) is 46.9 Å². The highest BCUT2D eigenvalue weighted by Gasteiger charge is 2.28. The maximum atomic E-state index is 13.0. The van der Waals surface area contributed by atoms with E-state index in [9.17, 15) is 4.39 Å². The summed E-state index contributed by atoms with van der Waals surface area (Å²) in [4.78, 5) is 0. The molecule has 4 heteroatoms. The van der Waals surface area contributed by atoms with Crippen LogP contribution in [0.3, 0.4) is 0 Å². The van der Waals surface area contributed by atoms with Gasteiger partial charge in [0.1, 0.15) is 11.9 Å². The van der Waals surface area contributed by atoms with Crippen molar-refractivity contribution in [2.75, 3.05) is 5.32 Å². The summed E-state index contributed by atoms with van der Waals surface area (Å²) in [5.41, 5.74) is 1.93. The number of hydrogen-bond acceptors (Lipinski definition) is 2. The molecule has 0 saturated heterocycles. The Morgan fingerprint density at radius 3 is 2.63 bits per heavy atom. The van der Waals surface area contributed by atoms with Gasteiger partial charge in [-0.05, 0) is 52.7 Å². The van der Waals surface area contributed by atoms with E-state index in [0.29, 0.717) is 0 Å². The maximum Gasteiger partial charge on any atom is 0.157 e. The Morgan fingerprint density at radius 2 is 1.89 bits per heavy atom. The zero-order valence-electron chi connectivity index (χ0n) is 10.4. The zero-order valence-corrected chi connectivity index (χ0v) is 11.9. The number of fused-ring (bicyclic) bond motifs is 1. The summed E-state index contributed by atoms with van der Waals surface area (Å²) in [6.45, 7) is 2.05. The van der Waals surface area contributed by atoms with Crippen LogP contribution in [0.5, 0.6) is 5.75 Å². The van der Waals surface area contributed by atoms with Crippen LogP contribution in [0.1, 0.15) is 18.6 Å². The minimum absolute atomic E-state index is 0.118. The van der Waals surface area contributed by atoms with Crippen LogP contribution in [0.4, 0.5) is 10.1 Å². The average molecular weight is 322 g/mol. The Bertz CT molecular complexity index is 600. The molecule has 1 aliphatic rings. The van der Waals surface area contributed by atoms with Gasteiger partial charge in [0.15, 0.2) is 5.75 Å². The van der Waals surface area contributed by atoms with Gasteiger partial charge < -0.3 is 10.1 Å². The van der Waals surface area contributed by atoms with Gasteiger partial charge in [-0.25, -0.2) is 4.39 Å². The molecule has 0 aliphatic carbocycles. The molecule has 0 bridgehead atoms. The van der Waals surface area contributed by atoms with Gasteiger partial charge in [-0.3, -0.25) is 0 Å². The van der Waals surface area contributed by atoms with Crippen LogP contribution in [-0.4, -0.2) is 6.04 Å². The molecule has 3 rings (SSSR count). The zero-order chi connectivity index (χ0) is 13.4. The number of nitrogens with one attached hydrogen (secondary N) is 1. The Kier molecular flexibility index (Phi) is 3.19. The molecule has 19 heavy (non-hydrogen) atoms. The lowest BCUT2D eigenvalue weighted by Crippen LogP contribution is -2.32. The van der Waals surface area contributed by atoms with E-state index in [0.717, 1.165) is 21.5 Å². The molecule has 1 heterocycles.